The van der Waals surface area contributed by atoms with Crippen LogP contribution in [0.5, 0.6) is 0 Å². The molecule has 90 valence electrons. The molecule has 0 spiro atoms. The first-order valence-corrected chi connectivity index (χ1v) is 7.08. The van der Waals surface area contributed by atoms with Crippen molar-refractivity contribution in [2.75, 3.05) is 6.54 Å². The topological polar surface area (TPSA) is 20.3 Å². The van der Waals surface area contributed by atoms with Crippen molar-refractivity contribution in [1.29, 1.82) is 0 Å². The fourth-order valence-electron chi connectivity index (χ4n) is 2.85. The lowest BCUT2D eigenvalue weighted by Crippen LogP contribution is -2.43. The van der Waals surface area contributed by atoms with Gasteiger partial charge in [-0.15, -0.1) is 0 Å². The molecule has 1 heterocycles. The van der Waals surface area contributed by atoms with Gasteiger partial charge in [-0.05, 0) is 43.4 Å². The van der Waals surface area contributed by atoms with E-state index >= 15 is 0 Å². The Morgan fingerprint density at radius 3 is 2.41 bits per heavy atom. The van der Waals surface area contributed by atoms with Crippen LogP contribution < -0.4 is 0 Å². The van der Waals surface area contributed by atoms with Crippen molar-refractivity contribution in [2.24, 2.45) is 0 Å². The second kappa shape index (κ2) is 4.13. The van der Waals surface area contributed by atoms with E-state index in [1.54, 1.807) is 0 Å². The van der Waals surface area contributed by atoms with Crippen molar-refractivity contribution in [3.05, 3.63) is 34.3 Å². The monoisotopic (exact) mass is 293 g/mol. The van der Waals surface area contributed by atoms with Gasteiger partial charge in [0.25, 0.3) is 0 Å². The Morgan fingerprint density at radius 1 is 1.12 bits per heavy atom. The molecule has 1 aliphatic carbocycles. The number of carbonyl (C=O) groups excluding carboxylic acids is 1. The second-order valence-corrected chi connectivity index (χ2v) is 5.96. The van der Waals surface area contributed by atoms with Crippen LogP contribution in [0.1, 0.15) is 37.7 Å². The summed E-state index contributed by atoms with van der Waals surface area (Å²) in [7, 11) is 0. The zero-order valence-electron chi connectivity index (χ0n) is 9.79. The van der Waals surface area contributed by atoms with Crippen LogP contribution in [0.15, 0.2) is 28.7 Å². The maximum absolute atomic E-state index is 12.0. The van der Waals surface area contributed by atoms with Gasteiger partial charge in [-0.3, -0.25) is 4.79 Å². The summed E-state index contributed by atoms with van der Waals surface area (Å²) in [6.07, 6.45) is 5.20. The Labute approximate surface area is 110 Å². The van der Waals surface area contributed by atoms with E-state index in [-0.39, 0.29) is 5.54 Å². The molecule has 0 radical (unpaired) electrons. The number of hydrogen-bond acceptors (Lipinski definition) is 1. The minimum absolute atomic E-state index is 0.0399. The van der Waals surface area contributed by atoms with E-state index in [2.05, 4.69) is 45.1 Å². The first-order chi connectivity index (χ1) is 8.22. The van der Waals surface area contributed by atoms with Gasteiger partial charge >= 0.3 is 0 Å². The van der Waals surface area contributed by atoms with Crippen LogP contribution >= 0.6 is 15.9 Å². The maximum Gasteiger partial charge on any atom is 0.223 e. The molecule has 0 bridgehead atoms. The van der Waals surface area contributed by atoms with E-state index in [0.29, 0.717) is 5.91 Å². The van der Waals surface area contributed by atoms with E-state index in [9.17, 15) is 4.79 Å². The molecule has 17 heavy (non-hydrogen) atoms. The number of carbonyl (C=O) groups is 1. The van der Waals surface area contributed by atoms with Crippen molar-refractivity contribution < 1.29 is 4.79 Å². The number of halogens is 1. The average molecular weight is 294 g/mol. The molecular formula is C14H16BrNO. The molecule has 2 aliphatic rings. The summed E-state index contributed by atoms with van der Waals surface area (Å²) < 4.78 is 1.10. The fraction of sp³-hybridized carbons (Fsp3) is 0.500. The number of hydrogen-bond donors (Lipinski definition) is 0. The minimum atomic E-state index is 0.0399. The number of benzene rings is 1. The summed E-state index contributed by atoms with van der Waals surface area (Å²) in [5.74, 6) is 0.344. The number of piperidine rings is 1. The summed E-state index contributed by atoms with van der Waals surface area (Å²) in [6, 6.07) is 8.45. The van der Waals surface area contributed by atoms with E-state index < -0.39 is 0 Å². The lowest BCUT2D eigenvalue weighted by atomic mass is 9.99. The minimum Gasteiger partial charge on any atom is -0.333 e. The van der Waals surface area contributed by atoms with Crippen LogP contribution in [-0.2, 0) is 10.3 Å². The van der Waals surface area contributed by atoms with Crippen LogP contribution in [0.2, 0.25) is 0 Å². The van der Waals surface area contributed by atoms with Gasteiger partial charge in [0.15, 0.2) is 0 Å². The molecule has 2 nitrogen and oxygen atoms in total. The molecule has 0 N–H and O–H groups in total. The Balaban J connectivity index is 1.90. The molecule has 1 aromatic carbocycles. The van der Waals surface area contributed by atoms with Gasteiger partial charge in [0.2, 0.25) is 5.91 Å². The Bertz CT molecular complexity index is 436. The first kappa shape index (κ1) is 11.3. The van der Waals surface area contributed by atoms with Crippen molar-refractivity contribution in [3.63, 3.8) is 0 Å². The summed E-state index contributed by atoms with van der Waals surface area (Å²) in [6.45, 7) is 0.939. The summed E-state index contributed by atoms with van der Waals surface area (Å²) in [5, 5.41) is 0. The summed E-state index contributed by atoms with van der Waals surface area (Å²) >= 11 is 3.46. The first-order valence-electron chi connectivity index (χ1n) is 6.29. The fourth-order valence-corrected chi connectivity index (χ4v) is 3.12. The quantitative estimate of drug-likeness (QED) is 0.818. The van der Waals surface area contributed by atoms with E-state index in [1.165, 1.54) is 5.56 Å². The van der Waals surface area contributed by atoms with Crippen molar-refractivity contribution in [2.45, 2.75) is 37.6 Å². The number of likely N-dealkylation sites (tertiary alicyclic amines) is 1. The van der Waals surface area contributed by atoms with Gasteiger partial charge in [0, 0.05) is 17.4 Å². The molecular weight excluding hydrogens is 278 g/mol. The average Bonchev–Trinajstić information content (AvgIpc) is 3.12. The standard InChI is InChI=1S/C14H16BrNO/c15-12-6-4-11(5-7-12)14(8-9-14)16-10-2-1-3-13(16)17/h4-7H,1-3,8-10H2. The zero-order chi connectivity index (χ0) is 11.9. The highest BCUT2D eigenvalue weighted by molar-refractivity contribution is 9.10. The molecule has 0 atom stereocenters. The van der Waals surface area contributed by atoms with E-state index in [4.69, 9.17) is 0 Å². The molecule has 1 aromatic rings. The Hall–Kier alpha value is -0.830. The number of rotatable bonds is 2. The third-order valence-corrected chi connectivity index (χ3v) is 4.47. The predicted molar refractivity (Wildman–Crippen MR) is 70.6 cm³/mol. The molecule has 3 rings (SSSR count). The SMILES string of the molecule is O=C1CCCCN1C1(c2ccc(Br)cc2)CC1. The lowest BCUT2D eigenvalue weighted by Gasteiger charge is -2.35. The van der Waals surface area contributed by atoms with Crippen LogP contribution in [0.3, 0.4) is 0 Å². The number of amides is 1. The summed E-state index contributed by atoms with van der Waals surface area (Å²) in [4.78, 5) is 14.2. The van der Waals surface area contributed by atoms with Gasteiger partial charge in [-0.25, -0.2) is 0 Å². The third kappa shape index (κ3) is 1.90. The maximum atomic E-state index is 12.0. The smallest absolute Gasteiger partial charge is 0.223 e. The van der Waals surface area contributed by atoms with Crippen LogP contribution in [0.4, 0.5) is 0 Å². The van der Waals surface area contributed by atoms with Gasteiger partial charge < -0.3 is 4.90 Å². The normalized spacial score (nSPS) is 22.6. The van der Waals surface area contributed by atoms with E-state index in [1.807, 2.05) is 0 Å². The van der Waals surface area contributed by atoms with Crippen molar-refractivity contribution >= 4 is 21.8 Å². The van der Waals surface area contributed by atoms with Gasteiger partial charge in [0.05, 0.1) is 5.54 Å². The molecule has 1 amide bonds. The largest absolute Gasteiger partial charge is 0.333 e. The highest BCUT2D eigenvalue weighted by atomic mass is 79.9. The molecule has 2 fully saturated rings. The Kier molecular flexibility index (Phi) is 2.74. The van der Waals surface area contributed by atoms with Crippen LogP contribution in [0, 0.1) is 0 Å². The predicted octanol–water partition coefficient (Wildman–Crippen LogP) is 3.45. The van der Waals surface area contributed by atoms with E-state index in [0.717, 1.165) is 43.1 Å². The van der Waals surface area contributed by atoms with Gasteiger partial charge in [-0.2, -0.15) is 0 Å². The van der Waals surface area contributed by atoms with Crippen molar-refractivity contribution in [3.8, 4) is 0 Å². The highest BCUT2D eigenvalue weighted by Crippen LogP contribution is 2.52. The number of nitrogens with zero attached hydrogens (tertiary/aromatic N) is 1. The highest BCUT2D eigenvalue weighted by Gasteiger charge is 2.51. The van der Waals surface area contributed by atoms with Gasteiger partial charge in [-0.1, -0.05) is 28.1 Å². The summed E-state index contributed by atoms with van der Waals surface area (Å²) in [5.41, 5.74) is 1.34. The molecule has 1 aliphatic heterocycles. The zero-order valence-corrected chi connectivity index (χ0v) is 11.4. The molecule has 1 saturated carbocycles. The molecule has 0 aromatic heterocycles. The van der Waals surface area contributed by atoms with Crippen molar-refractivity contribution in [1.82, 2.24) is 4.90 Å². The van der Waals surface area contributed by atoms with Gasteiger partial charge in [0.1, 0.15) is 0 Å². The third-order valence-electron chi connectivity index (χ3n) is 3.95. The lowest BCUT2D eigenvalue weighted by molar-refractivity contribution is -0.137. The molecule has 0 unspecified atom stereocenters. The van der Waals surface area contributed by atoms with Crippen LogP contribution in [-0.4, -0.2) is 17.4 Å². The molecule has 1 saturated heterocycles. The van der Waals surface area contributed by atoms with Crippen LogP contribution in [0.25, 0.3) is 0 Å². The molecule has 3 heteroatoms. The second-order valence-electron chi connectivity index (χ2n) is 5.04. The Morgan fingerprint density at radius 2 is 1.82 bits per heavy atom.